The van der Waals surface area contributed by atoms with Gasteiger partial charge in [-0.05, 0) is 67.7 Å². The summed E-state index contributed by atoms with van der Waals surface area (Å²) in [4.78, 5) is 0. The molecule has 0 aliphatic heterocycles. The van der Waals surface area contributed by atoms with Crippen LogP contribution in [0.25, 0.3) is 0 Å². The van der Waals surface area contributed by atoms with Crippen LogP contribution in [0.3, 0.4) is 0 Å². The highest BCUT2D eigenvalue weighted by molar-refractivity contribution is 4.68. The van der Waals surface area contributed by atoms with Crippen molar-refractivity contribution in [2.75, 3.05) is 0 Å². The molecule has 0 aliphatic rings. The van der Waals surface area contributed by atoms with Crippen molar-refractivity contribution in [3.8, 4) is 0 Å². The molecular formula is C17H40O2. The van der Waals surface area contributed by atoms with Crippen LogP contribution in [0, 0.1) is 5.41 Å². The Labute approximate surface area is 122 Å². The zero-order valence-corrected chi connectivity index (χ0v) is 15.9. The summed E-state index contributed by atoms with van der Waals surface area (Å²) < 4.78 is 5.62. The molecule has 0 aromatic carbocycles. The lowest BCUT2D eigenvalue weighted by Gasteiger charge is -2.30. The number of hydrogen-bond acceptors (Lipinski definition) is 2. The third-order valence-electron chi connectivity index (χ3n) is 0.612. The SMILES string of the molecule is CC(C)(C)C.CC(C)(C)O.CC(C)(C)OC(C)(C)C. The molecule has 0 saturated carbocycles. The third kappa shape index (κ3) is 130. The molecule has 0 aromatic heterocycles. The van der Waals surface area contributed by atoms with E-state index in [4.69, 9.17) is 9.84 Å². The normalized spacial score (nSPS) is 12.9. The molecule has 0 heterocycles. The molecular weight excluding hydrogens is 236 g/mol. The summed E-state index contributed by atoms with van der Waals surface area (Å²) in [6, 6.07) is 0. The van der Waals surface area contributed by atoms with Gasteiger partial charge in [0.2, 0.25) is 0 Å². The summed E-state index contributed by atoms with van der Waals surface area (Å²) in [5, 5.41) is 8.52. The molecule has 0 radical (unpaired) electrons. The van der Waals surface area contributed by atoms with Gasteiger partial charge in [0.1, 0.15) is 0 Å². The Morgan fingerprint density at radius 3 is 0.632 bits per heavy atom. The van der Waals surface area contributed by atoms with E-state index in [0.717, 1.165) is 0 Å². The van der Waals surface area contributed by atoms with E-state index >= 15 is 0 Å². The quantitative estimate of drug-likeness (QED) is 0.639. The van der Waals surface area contributed by atoms with Gasteiger partial charge in [0.15, 0.2) is 0 Å². The molecule has 2 nitrogen and oxygen atoms in total. The van der Waals surface area contributed by atoms with Crippen molar-refractivity contribution in [1.29, 1.82) is 0 Å². The molecule has 0 bridgehead atoms. The lowest BCUT2D eigenvalue weighted by Crippen LogP contribution is -2.31. The lowest BCUT2D eigenvalue weighted by atomic mass is 10.0. The third-order valence-corrected chi connectivity index (χ3v) is 0.612. The van der Waals surface area contributed by atoms with E-state index in [1.54, 1.807) is 20.8 Å². The second-order valence-electron chi connectivity index (χ2n) is 9.50. The standard InChI is InChI=1S/C8H18O.C5H12.C4H10O/c1-7(2,3)9-8(4,5)6;1-5(2,3)4;1-4(2,3)5/h1-6H3;1-4H3;5H,1-3H3. The highest BCUT2D eigenvalue weighted by Crippen LogP contribution is 2.17. The Kier molecular flexibility index (Phi) is 10.4. The van der Waals surface area contributed by atoms with Gasteiger partial charge in [-0.1, -0.05) is 27.7 Å². The zero-order valence-electron chi connectivity index (χ0n) is 15.9. The van der Waals surface area contributed by atoms with E-state index in [0.29, 0.717) is 5.41 Å². The first-order chi connectivity index (χ1) is 7.71. The van der Waals surface area contributed by atoms with Gasteiger partial charge in [0, 0.05) is 0 Å². The van der Waals surface area contributed by atoms with Gasteiger partial charge in [0.05, 0.1) is 16.8 Å². The highest BCUT2D eigenvalue weighted by Gasteiger charge is 2.19. The number of hydrogen-bond donors (Lipinski definition) is 1. The highest BCUT2D eigenvalue weighted by atomic mass is 16.5. The summed E-state index contributed by atoms with van der Waals surface area (Å²) in [7, 11) is 0. The summed E-state index contributed by atoms with van der Waals surface area (Å²) >= 11 is 0. The maximum absolute atomic E-state index is 8.52. The Morgan fingerprint density at radius 2 is 0.632 bits per heavy atom. The van der Waals surface area contributed by atoms with Gasteiger partial charge < -0.3 is 9.84 Å². The molecule has 120 valence electrons. The number of aliphatic hydroxyl groups is 1. The van der Waals surface area contributed by atoms with Gasteiger partial charge in [0.25, 0.3) is 0 Å². The summed E-state index contributed by atoms with van der Waals surface area (Å²) in [6.07, 6.45) is 0. The maximum Gasteiger partial charge on any atom is 0.0605 e. The van der Waals surface area contributed by atoms with Crippen LogP contribution in [0.4, 0.5) is 0 Å². The van der Waals surface area contributed by atoms with Gasteiger partial charge >= 0.3 is 0 Å². The number of ether oxygens (including phenoxy) is 1. The van der Waals surface area contributed by atoms with Crippen molar-refractivity contribution in [2.24, 2.45) is 5.41 Å². The van der Waals surface area contributed by atoms with Crippen molar-refractivity contribution in [1.82, 2.24) is 0 Å². The topological polar surface area (TPSA) is 29.5 Å². The minimum atomic E-state index is -0.500. The van der Waals surface area contributed by atoms with Crippen molar-refractivity contribution in [2.45, 2.75) is 107 Å². The minimum absolute atomic E-state index is 0.0156. The molecule has 0 aliphatic carbocycles. The second-order valence-corrected chi connectivity index (χ2v) is 9.50. The molecule has 0 fully saturated rings. The lowest BCUT2D eigenvalue weighted by molar-refractivity contribution is -0.102. The van der Waals surface area contributed by atoms with E-state index in [9.17, 15) is 0 Å². The smallest absolute Gasteiger partial charge is 0.0605 e. The van der Waals surface area contributed by atoms with E-state index < -0.39 is 5.60 Å². The molecule has 1 N–H and O–H groups in total. The summed E-state index contributed by atoms with van der Waals surface area (Å²) in [5.74, 6) is 0. The Morgan fingerprint density at radius 1 is 0.526 bits per heavy atom. The zero-order chi connectivity index (χ0) is 16.7. The van der Waals surface area contributed by atoms with Crippen LogP contribution in [-0.2, 0) is 4.74 Å². The van der Waals surface area contributed by atoms with Crippen LogP contribution in [0.15, 0.2) is 0 Å². The second kappa shape index (κ2) is 8.26. The van der Waals surface area contributed by atoms with Crippen LogP contribution < -0.4 is 0 Å². The van der Waals surface area contributed by atoms with E-state index in [-0.39, 0.29) is 11.2 Å². The molecule has 0 spiro atoms. The number of rotatable bonds is 0. The van der Waals surface area contributed by atoms with Crippen molar-refractivity contribution in [3.05, 3.63) is 0 Å². The Hall–Kier alpha value is -0.0800. The Bertz CT molecular complexity index is 167. The molecule has 0 unspecified atom stereocenters. The summed E-state index contributed by atoms with van der Waals surface area (Å²) in [6.45, 7) is 26.4. The fourth-order valence-electron chi connectivity index (χ4n) is 0.919. The van der Waals surface area contributed by atoms with Crippen LogP contribution >= 0.6 is 0 Å². The molecule has 0 atom stereocenters. The van der Waals surface area contributed by atoms with Crippen molar-refractivity contribution >= 4 is 0 Å². The van der Waals surface area contributed by atoms with Crippen LogP contribution in [0.5, 0.6) is 0 Å². The predicted octanol–water partition coefficient (Wildman–Crippen LogP) is 5.43. The fraction of sp³-hybridized carbons (Fsp3) is 1.00. The average molecular weight is 277 g/mol. The van der Waals surface area contributed by atoms with Gasteiger partial charge in [-0.15, -0.1) is 0 Å². The average Bonchev–Trinajstić information content (AvgIpc) is 1.63. The first-order valence-corrected chi connectivity index (χ1v) is 7.13. The van der Waals surface area contributed by atoms with E-state index in [1.165, 1.54) is 0 Å². The van der Waals surface area contributed by atoms with E-state index in [2.05, 4.69) is 69.2 Å². The monoisotopic (exact) mass is 276 g/mol. The van der Waals surface area contributed by atoms with Crippen LogP contribution in [0.1, 0.15) is 90.0 Å². The first-order valence-electron chi connectivity index (χ1n) is 7.13. The largest absolute Gasteiger partial charge is 0.391 e. The summed E-state index contributed by atoms with van der Waals surface area (Å²) in [5.41, 5.74) is -0.0312. The van der Waals surface area contributed by atoms with Gasteiger partial charge in [-0.25, -0.2) is 0 Å². The predicted molar refractivity (Wildman–Crippen MR) is 87.7 cm³/mol. The van der Waals surface area contributed by atoms with Crippen molar-refractivity contribution < 1.29 is 9.84 Å². The molecule has 0 aromatic rings. The molecule has 0 saturated heterocycles. The van der Waals surface area contributed by atoms with Gasteiger partial charge in [-0.3, -0.25) is 0 Å². The molecule has 0 amide bonds. The molecule has 0 rings (SSSR count). The first kappa shape index (κ1) is 24.0. The van der Waals surface area contributed by atoms with Gasteiger partial charge in [-0.2, -0.15) is 0 Å². The van der Waals surface area contributed by atoms with Crippen molar-refractivity contribution in [3.63, 3.8) is 0 Å². The van der Waals surface area contributed by atoms with E-state index in [1.807, 2.05) is 0 Å². The molecule has 2 heteroatoms. The van der Waals surface area contributed by atoms with Crippen LogP contribution in [0.2, 0.25) is 0 Å². The van der Waals surface area contributed by atoms with Crippen LogP contribution in [-0.4, -0.2) is 21.9 Å². The maximum atomic E-state index is 8.52. The Balaban J connectivity index is -0.000000219. The minimum Gasteiger partial charge on any atom is -0.391 e. The molecule has 19 heavy (non-hydrogen) atoms. The fourth-order valence-corrected chi connectivity index (χ4v) is 0.919.